The lowest BCUT2D eigenvalue weighted by Crippen LogP contribution is -2.70. The first-order valence-corrected chi connectivity index (χ1v) is 8.08. The molecule has 3 nitrogen and oxygen atoms in total. The number of benzene rings is 1. The molecule has 3 heteroatoms. The van der Waals surface area contributed by atoms with E-state index < -0.39 is 0 Å². The first-order chi connectivity index (χ1) is 10.1. The fraction of sp³-hybridized carbons (Fsp3) is 0.556. The van der Waals surface area contributed by atoms with E-state index in [4.69, 9.17) is 4.99 Å². The minimum Gasteiger partial charge on any atom is -0.299 e. The number of Topliss-reactive ketones (excluding diaryl/α,β-unsaturated/α-hetero) is 1. The number of nitrogens with zero attached hydrogens (tertiary/aromatic N) is 2. The van der Waals surface area contributed by atoms with Crippen LogP contribution in [0.5, 0.6) is 0 Å². The third kappa shape index (κ3) is 1.08. The van der Waals surface area contributed by atoms with Gasteiger partial charge in [0.25, 0.3) is 0 Å². The van der Waals surface area contributed by atoms with Gasteiger partial charge in [-0.05, 0) is 37.9 Å². The van der Waals surface area contributed by atoms with Gasteiger partial charge in [0.05, 0.1) is 16.9 Å². The molecule has 4 aliphatic rings. The maximum atomic E-state index is 13.1. The van der Waals surface area contributed by atoms with Gasteiger partial charge in [-0.1, -0.05) is 25.1 Å². The number of carbonyl (C=O) groups excluding carboxylic acids is 1. The predicted octanol–water partition coefficient (Wildman–Crippen LogP) is 2.71. The van der Waals surface area contributed by atoms with Gasteiger partial charge in [0.15, 0.2) is 0 Å². The van der Waals surface area contributed by atoms with Crippen molar-refractivity contribution in [3.05, 3.63) is 29.8 Å². The summed E-state index contributed by atoms with van der Waals surface area (Å²) in [6.07, 6.45) is 2.04. The Morgan fingerprint density at radius 3 is 2.95 bits per heavy atom. The number of rotatable bonds is 0. The van der Waals surface area contributed by atoms with Gasteiger partial charge >= 0.3 is 0 Å². The van der Waals surface area contributed by atoms with E-state index in [0.29, 0.717) is 5.78 Å². The summed E-state index contributed by atoms with van der Waals surface area (Å²) in [5, 5.41) is 0. The van der Waals surface area contributed by atoms with E-state index in [1.165, 1.54) is 11.3 Å². The number of ketones is 1. The molecular formula is C18H20N2O. The van der Waals surface area contributed by atoms with Crippen molar-refractivity contribution in [1.29, 1.82) is 0 Å². The van der Waals surface area contributed by atoms with Crippen LogP contribution in [0.3, 0.4) is 0 Å². The fourth-order valence-electron chi connectivity index (χ4n) is 5.72. The molecule has 1 aromatic carbocycles. The van der Waals surface area contributed by atoms with E-state index >= 15 is 0 Å². The van der Waals surface area contributed by atoms with Gasteiger partial charge in [-0.25, -0.2) is 0 Å². The Kier molecular flexibility index (Phi) is 2.00. The maximum absolute atomic E-state index is 13.1. The van der Waals surface area contributed by atoms with Crippen LogP contribution in [0.1, 0.15) is 32.3 Å². The summed E-state index contributed by atoms with van der Waals surface area (Å²) in [5.74, 6) is 0.683. The molecule has 3 fully saturated rings. The van der Waals surface area contributed by atoms with Gasteiger partial charge in [-0.15, -0.1) is 0 Å². The van der Waals surface area contributed by atoms with Gasteiger partial charge in [0.1, 0.15) is 5.78 Å². The Balaban J connectivity index is 1.86. The molecule has 3 heterocycles. The standard InChI is InChI=1S/C18H20N2O/c1-11-15(21)13-7-9-20-10-8-18(11)12-5-3-4-6-14(12)19-16(18)17(13,20)2/h3-6,11,13H,7-10H2,1-2H3/t11-,13+,17+,18-/m1/s1. The molecule has 0 unspecified atom stereocenters. The fourth-order valence-corrected chi connectivity index (χ4v) is 5.72. The van der Waals surface area contributed by atoms with Gasteiger partial charge in [-0.3, -0.25) is 14.7 Å². The second-order valence-electron chi connectivity index (χ2n) is 7.30. The van der Waals surface area contributed by atoms with Crippen LogP contribution in [0.2, 0.25) is 0 Å². The van der Waals surface area contributed by atoms with Crippen molar-refractivity contribution in [2.24, 2.45) is 16.8 Å². The smallest absolute Gasteiger partial charge is 0.142 e. The molecule has 4 atom stereocenters. The molecule has 1 aliphatic carbocycles. The van der Waals surface area contributed by atoms with Gasteiger partial charge in [0, 0.05) is 23.8 Å². The topological polar surface area (TPSA) is 32.7 Å². The normalized spacial score (nSPS) is 43.5. The van der Waals surface area contributed by atoms with Crippen LogP contribution in [0.25, 0.3) is 0 Å². The monoisotopic (exact) mass is 280 g/mol. The van der Waals surface area contributed by atoms with Gasteiger partial charge in [0.2, 0.25) is 0 Å². The summed E-state index contributed by atoms with van der Waals surface area (Å²) in [5.41, 5.74) is 3.42. The second kappa shape index (κ2) is 3.46. The minimum absolute atomic E-state index is 0.0678. The molecular weight excluding hydrogens is 260 g/mol. The molecule has 2 bridgehead atoms. The van der Waals surface area contributed by atoms with Crippen LogP contribution in [-0.2, 0) is 10.2 Å². The summed E-state index contributed by atoms with van der Waals surface area (Å²) in [6, 6.07) is 8.47. The van der Waals surface area contributed by atoms with E-state index in [-0.39, 0.29) is 22.8 Å². The van der Waals surface area contributed by atoms with Crippen LogP contribution >= 0.6 is 0 Å². The summed E-state index contributed by atoms with van der Waals surface area (Å²) in [4.78, 5) is 20.7. The van der Waals surface area contributed by atoms with E-state index in [1.807, 2.05) is 0 Å². The highest BCUT2D eigenvalue weighted by molar-refractivity contribution is 6.16. The third-order valence-corrected chi connectivity index (χ3v) is 6.83. The Labute approximate surface area is 125 Å². The third-order valence-electron chi connectivity index (χ3n) is 6.83. The van der Waals surface area contributed by atoms with E-state index in [0.717, 1.165) is 31.6 Å². The van der Waals surface area contributed by atoms with E-state index in [1.54, 1.807) is 0 Å². The van der Waals surface area contributed by atoms with E-state index in [2.05, 4.69) is 43.0 Å². The Bertz CT molecular complexity index is 709. The van der Waals surface area contributed by atoms with E-state index in [9.17, 15) is 4.79 Å². The zero-order chi connectivity index (χ0) is 14.4. The maximum Gasteiger partial charge on any atom is 0.142 e. The van der Waals surface area contributed by atoms with Crippen molar-refractivity contribution in [3.63, 3.8) is 0 Å². The Morgan fingerprint density at radius 1 is 1.29 bits per heavy atom. The average Bonchev–Trinajstić information content (AvgIpc) is 3.03. The van der Waals surface area contributed by atoms with Crippen LogP contribution in [-0.4, -0.2) is 35.0 Å². The van der Waals surface area contributed by atoms with Crippen LogP contribution in [0.15, 0.2) is 29.3 Å². The molecule has 3 aliphatic heterocycles. The highest BCUT2D eigenvalue weighted by Crippen LogP contribution is 2.60. The first-order valence-electron chi connectivity index (χ1n) is 8.08. The van der Waals surface area contributed by atoms with Crippen LogP contribution < -0.4 is 0 Å². The van der Waals surface area contributed by atoms with Gasteiger partial charge < -0.3 is 0 Å². The van der Waals surface area contributed by atoms with Crippen molar-refractivity contribution in [2.75, 3.05) is 13.1 Å². The number of hydrogen-bond acceptors (Lipinski definition) is 3. The molecule has 21 heavy (non-hydrogen) atoms. The molecule has 1 aromatic rings. The molecule has 5 rings (SSSR count). The molecule has 0 N–H and O–H groups in total. The molecule has 0 aromatic heterocycles. The second-order valence-corrected chi connectivity index (χ2v) is 7.30. The van der Waals surface area contributed by atoms with Gasteiger partial charge in [-0.2, -0.15) is 0 Å². The predicted molar refractivity (Wildman–Crippen MR) is 82.1 cm³/mol. The number of carbonyl (C=O) groups is 1. The van der Waals surface area contributed by atoms with Crippen molar-refractivity contribution >= 4 is 17.2 Å². The lowest BCUT2D eigenvalue weighted by atomic mass is 9.51. The Hall–Kier alpha value is -1.48. The summed E-state index contributed by atoms with van der Waals surface area (Å²) in [7, 11) is 0. The first kappa shape index (κ1) is 12.1. The van der Waals surface area contributed by atoms with Crippen molar-refractivity contribution in [3.8, 4) is 0 Å². The quantitative estimate of drug-likeness (QED) is 0.732. The Morgan fingerprint density at radius 2 is 2.10 bits per heavy atom. The average molecular weight is 280 g/mol. The molecule has 0 amide bonds. The van der Waals surface area contributed by atoms with Crippen molar-refractivity contribution < 1.29 is 4.79 Å². The minimum atomic E-state index is -0.138. The number of hydrogen-bond donors (Lipinski definition) is 0. The van der Waals surface area contributed by atoms with Crippen molar-refractivity contribution in [1.82, 2.24) is 4.90 Å². The zero-order valence-electron chi connectivity index (χ0n) is 12.6. The molecule has 2 saturated heterocycles. The number of fused-ring (bicyclic) bond motifs is 1. The largest absolute Gasteiger partial charge is 0.299 e. The summed E-state index contributed by atoms with van der Waals surface area (Å²) in [6.45, 7) is 6.56. The summed E-state index contributed by atoms with van der Waals surface area (Å²) >= 11 is 0. The highest BCUT2D eigenvalue weighted by Gasteiger charge is 2.69. The number of para-hydroxylation sites is 1. The van der Waals surface area contributed by atoms with Crippen LogP contribution in [0, 0.1) is 11.8 Å². The summed E-state index contributed by atoms with van der Waals surface area (Å²) < 4.78 is 0. The zero-order valence-corrected chi connectivity index (χ0v) is 12.6. The highest BCUT2D eigenvalue weighted by atomic mass is 16.1. The SMILES string of the molecule is C[C@@H]1C(=O)[C@@H]2CCN3CC[C@@]14C(=Nc1ccccc14)[C@]23C. The molecule has 0 radical (unpaired) electrons. The molecule has 0 spiro atoms. The van der Waals surface area contributed by atoms with Crippen LogP contribution in [0.4, 0.5) is 5.69 Å². The number of aliphatic imine (C=N–C) groups is 1. The van der Waals surface area contributed by atoms with Crippen molar-refractivity contribution in [2.45, 2.75) is 37.6 Å². The number of piperidine rings is 1. The lowest BCUT2D eigenvalue weighted by molar-refractivity contribution is -0.132. The molecule has 108 valence electrons. The molecule has 1 saturated carbocycles. The lowest BCUT2D eigenvalue weighted by Gasteiger charge is -2.57.